The van der Waals surface area contributed by atoms with E-state index in [4.69, 9.17) is 16.3 Å². The first-order valence-electron chi connectivity index (χ1n) is 5.14. The van der Waals surface area contributed by atoms with Crippen molar-refractivity contribution in [2.24, 2.45) is 0 Å². The molecule has 0 saturated heterocycles. The second-order valence-corrected chi connectivity index (χ2v) is 3.88. The van der Waals surface area contributed by atoms with E-state index in [1.165, 1.54) is 0 Å². The Morgan fingerprint density at radius 1 is 1.24 bits per heavy atom. The van der Waals surface area contributed by atoms with Crippen LogP contribution in [0, 0.1) is 6.92 Å². The van der Waals surface area contributed by atoms with Gasteiger partial charge in [-0.25, -0.2) is 4.98 Å². The number of halogens is 1. The van der Waals surface area contributed by atoms with Gasteiger partial charge in [0, 0.05) is 18.1 Å². The lowest BCUT2D eigenvalue weighted by Gasteiger charge is -2.07. The van der Waals surface area contributed by atoms with Gasteiger partial charge in [-0.1, -0.05) is 17.7 Å². The lowest BCUT2D eigenvalue weighted by Crippen LogP contribution is -1.98. The number of benzene rings is 1. The minimum Gasteiger partial charge on any atom is -0.439 e. The van der Waals surface area contributed by atoms with Gasteiger partial charge in [0.05, 0.1) is 0 Å². The third-order valence-electron chi connectivity index (χ3n) is 2.09. The van der Waals surface area contributed by atoms with E-state index in [1.807, 2.05) is 19.1 Å². The Balaban J connectivity index is 2.26. The lowest BCUT2D eigenvalue weighted by atomic mass is 10.3. The zero-order chi connectivity index (χ0) is 12.3. The van der Waals surface area contributed by atoms with Crippen LogP contribution < -0.4 is 10.1 Å². The fraction of sp³-hybridized carbons (Fsp3) is 0.167. The molecule has 88 valence electrons. The summed E-state index contributed by atoms with van der Waals surface area (Å²) in [5, 5.41) is 3.58. The summed E-state index contributed by atoms with van der Waals surface area (Å²) in [5.74, 6) is 2.50. The highest BCUT2D eigenvalue weighted by Gasteiger charge is 2.03. The first-order chi connectivity index (χ1) is 8.17. The van der Waals surface area contributed by atoms with Crippen molar-refractivity contribution in [3.05, 3.63) is 41.2 Å². The van der Waals surface area contributed by atoms with Crippen LogP contribution in [-0.4, -0.2) is 17.0 Å². The molecule has 17 heavy (non-hydrogen) atoms. The van der Waals surface area contributed by atoms with Crippen molar-refractivity contribution in [3.63, 3.8) is 0 Å². The van der Waals surface area contributed by atoms with Gasteiger partial charge in [0.1, 0.15) is 17.4 Å². The molecule has 0 unspecified atom stereocenters. The summed E-state index contributed by atoms with van der Waals surface area (Å²) in [6.45, 7) is 1.81. The van der Waals surface area contributed by atoms with E-state index in [-0.39, 0.29) is 0 Å². The highest BCUT2D eigenvalue weighted by atomic mass is 35.5. The normalized spacial score (nSPS) is 10.1. The molecular weight excluding hydrogens is 238 g/mol. The van der Waals surface area contributed by atoms with Crippen molar-refractivity contribution < 1.29 is 4.74 Å². The molecule has 0 fully saturated rings. The summed E-state index contributed by atoms with van der Waals surface area (Å²) in [5.41, 5.74) is 0. The molecule has 0 radical (unpaired) electrons. The maximum absolute atomic E-state index is 5.88. The average molecular weight is 250 g/mol. The van der Waals surface area contributed by atoms with Gasteiger partial charge < -0.3 is 10.1 Å². The molecule has 5 heteroatoms. The first-order valence-corrected chi connectivity index (χ1v) is 5.52. The van der Waals surface area contributed by atoms with Crippen molar-refractivity contribution in [2.45, 2.75) is 6.92 Å². The van der Waals surface area contributed by atoms with Gasteiger partial charge in [0.15, 0.2) is 0 Å². The Hall–Kier alpha value is -1.81. The van der Waals surface area contributed by atoms with Crippen molar-refractivity contribution in [3.8, 4) is 11.6 Å². The number of aryl methyl sites for hydroxylation is 1. The molecule has 0 aliphatic carbocycles. The number of hydrogen-bond donors (Lipinski definition) is 1. The van der Waals surface area contributed by atoms with Crippen LogP contribution >= 0.6 is 11.6 Å². The van der Waals surface area contributed by atoms with E-state index in [0.717, 1.165) is 5.82 Å². The standard InChI is InChI=1S/C12H12ClN3O/c1-8-15-11(14-2)7-12(16-8)17-10-5-3-4-9(13)6-10/h3-7H,1-2H3,(H,14,15,16). The van der Waals surface area contributed by atoms with Crippen LogP contribution in [0.1, 0.15) is 5.82 Å². The number of anilines is 1. The molecule has 0 aliphatic heterocycles. The Morgan fingerprint density at radius 2 is 2.06 bits per heavy atom. The molecule has 4 nitrogen and oxygen atoms in total. The van der Waals surface area contributed by atoms with Gasteiger partial charge in [0.2, 0.25) is 5.88 Å². The van der Waals surface area contributed by atoms with Gasteiger partial charge in [-0.2, -0.15) is 4.98 Å². The smallest absolute Gasteiger partial charge is 0.224 e. The average Bonchev–Trinajstić information content (AvgIpc) is 2.28. The van der Waals surface area contributed by atoms with Crippen LogP contribution in [0.4, 0.5) is 5.82 Å². The molecule has 0 aliphatic rings. The fourth-order valence-corrected chi connectivity index (χ4v) is 1.55. The first kappa shape index (κ1) is 11.7. The molecule has 1 heterocycles. The Morgan fingerprint density at radius 3 is 2.76 bits per heavy atom. The van der Waals surface area contributed by atoms with Crippen LogP contribution in [0.3, 0.4) is 0 Å². The molecule has 1 N–H and O–H groups in total. The minimum atomic E-state index is 0.490. The molecule has 0 atom stereocenters. The molecular formula is C12H12ClN3O. The molecule has 0 bridgehead atoms. The molecule has 1 aromatic carbocycles. The zero-order valence-electron chi connectivity index (χ0n) is 9.57. The van der Waals surface area contributed by atoms with E-state index >= 15 is 0 Å². The summed E-state index contributed by atoms with van der Waals surface area (Å²) in [6, 6.07) is 8.90. The van der Waals surface area contributed by atoms with E-state index in [2.05, 4.69) is 15.3 Å². The van der Waals surface area contributed by atoms with Gasteiger partial charge in [-0.3, -0.25) is 0 Å². The number of rotatable bonds is 3. The fourth-order valence-electron chi connectivity index (χ4n) is 1.37. The summed E-state index contributed by atoms with van der Waals surface area (Å²) >= 11 is 5.88. The number of nitrogens with zero attached hydrogens (tertiary/aromatic N) is 2. The SMILES string of the molecule is CNc1cc(Oc2cccc(Cl)c2)nc(C)n1. The van der Waals surface area contributed by atoms with Crippen molar-refractivity contribution in [1.29, 1.82) is 0 Å². The van der Waals surface area contributed by atoms with E-state index in [1.54, 1.807) is 25.2 Å². The summed E-state index contributed by atoms with van der Waals surface area (Å²) in [4.78, 5) is 8.37. The van der Waals surface area contributed by atoms with Crippen molar-refractivity contribution in [2.75, 3.05) is 12.4 Å². The van der Waals surface area contributed by atoms with Gasteiger partial charge >= 0.3 is 0 Å². The molecule has 0 saturated carbocycles. The molecule has 2 rings (SSSR count). The van der Waals surface area contributed by atoms with E-state index in [0.29, 0.717) is 22.5 Å². The van der Waals surface area contributed by atoms with Gasteiger partial charge in [-0.05, 0) is 25.1 Å². The number of aromatic nitrogens is 2. The van der Waals surface area contributed by atoms with Crippen LogP contribution in [0.2, 0.25) is 5.02 Å². The maximum atomic E-state index is 5.88. The van der Waals surface area contributed by atoms with Crippen LogP contribution in [0.15, 0.2) is 30.3 Å². The second-order valence-electron chi connectivity index (χ2n) is 3.45. The minimum absolute atomic E-state index is 0.490. The quantitative estimate of drug-likeness (QED) is 0.907. The number of nitrogens with one attached hydrogen (secondary N) is 1. The summed E-state index contributed by atoms with van der Waals surface area (Å²) in [6.07, 6.45) is 0. The zero-order valence-corrected chi connectivity index (χ0v) is 10.3. The summed E-state index contributed by atoms with van der Waals surface area (Å²) in [7, 11) is 1.80. The van der Waals surface area contributed by atoms with Crippen LogP contribution in [-0.2, 0) is 0 Å². The number of ether oxygens (including phenoxy) is 1. The Labute approximate surface area is 105 Å². The maximum Gasteiger partial charge on any atom is 0.224 e. The number of hydrogen-bond acceptors (Lipinski definition) is 4. The molecule has 2 aromatic rings. The Bertz CT molecular complexity index is 531. The third kappa shape index (κ3) is 3.07. The van der Waals surface area contributed by atoms with E-state index < -0.39 is 0 Å². The van der Waals surface area contributed by atoms with Gasteiger partial charge in [0.25, 0.3) is 0 Å². The molecule has 0 spiro atoms. The monoisotopic (exact) mass is 249 g/mol. The third-order valence-corrected chi connectivity index (χ3v) is 2.32. The predicted octanol–water partition coefficient (Wildman–Crippen LogP) is 3.27. The van der Waals surface area contributed by atoms with Crippen molar-refractivity contribution >= 4 is 17.4 Å². The predicted molar refractivity (Wildman–Crippen MR) is 67.8 cm³/mol. The van der Waals surface area contributed by atoms with E-state index in [9.17, 15) is 0 Å². The lowest BCUT2D eigenvalue weighted by molar-refractivity contribution is 0.460. The molecule has 0 amide bonds. The summed E-state index contributed by atoms with van der Waals surface area (Å²) < 4.78 is 5.61. The van der Waals surface area contributed by atoms with Gasteiger partial charge in [-0.15, -0.1) is 0 Å². The largest absolute Gasteiger partial charge is 0.439 e. The highest BCUT2D eigenvalue weighted by molar-refractivity contribution is 6.30. The van der Waals surface area contributed by atoms with Crippen LogP contribution in [0.5, 0.6) is 11.6 Å². The molecule has 1 aromatic heterocycles. The Kier molecular flexibility index (Phi) is 3.44. The van der Waals surface area contributed by atoms with Crippen LogP contribution in [0.25, 0.3) is 0 Å². The highest BCUT2D eigenvalue weighted by Crippen LogP contribution is 2.23. The van der Waals surface area contributed by atoms with Crippen molar-refractivity contribution in [1.82, 2.24) is 9.97 Å². The second kappa shape index (κ2) is 5.01. The topological polar surface area (TPSA) is 47.0 Å².